The standard InChI is InChI=1S/C11H5BrF3NO3/c12-7-3-1-6-2-4-9(19-11(13,14)15)10(16(17)18)8(6)5-7/h1-5H. The molecule has 0 atom stereocenters. The number of nitrogens with zero attached hydrogens (tertiary/aromatic N) is 1. The molecule has 2 aromatic carbocycles. The largest absolute Gasteiger partial charge is 0.573 e. The molecule has 0 heterocycles. The molecule has 0 unspecified atom stereocenters. The van der Waals surface area contributed by atoms with E-state index in [0.29, 0.717) is 9.86 Å². The van der Waals surface area contributed by atoms with Crippen molar-refractivity contribution in [1.29, 1.82) is 0 Å². The van der Waals surface area contributed by atoms with Gasteiger partial charge in [0.1, 0.15) is 0 Å². The third-order valence-corrected chi connectivity index (χ3v) is 2.82. The number of halogens is 4. The van der Waals surface area contributed by atoms with Crippen molar-refractivity contribution < 1.29 is 22.8 Å². The van der Waals surface area contributed by atoms with Crippen molar-refractivity contribution in [2.45, 2.75) is 6.36 Å². The first kappa shape index (κ1) is 13.6. The molecule has 0 bridgehead atoms. The minimum absolute atomic E-state index is 0.0705. The molecule has 0 N–H and O–H groups in total. The van der Waals surface area contributed by atoms with Crippen molar-refractivity contribution in [2.24, 2.45) is 0 Å². The van der Waals surface area contributed by atoms with Gasteiger partial charge in [0.25, 0.3) is 0 Å². The number of fused-ring (bicyclic) bond motifs is 1. The Balaban J connectivity index is 2.71. The van der Waals surface area contributed by atoms with E-state index in [1.54, 1.807) is 12.1 Å². The number of nitro groups is 1. The lowest BCUT2D eigenvalue weighted by molar-refractivity contribution is -0.386. The summed E-state index contributed by atoms with van der Waals surface area (Å²) in [5.41, 5.74) is -0.712. The van der Waals surface area contributed by atoms with Gasteiger partial charge in [-0.05, 0) is 23.6 Å². The molecule has 0 amide bonds. The van der Waals surface area contributed by atoms with Gasteiger partial charge in [-0.15, -0.1) is 13.2 Å². The van der Waals surface area contributed by atoms with Gasteiger partial charge < -0.3 is 4.74 Å². The molecule has 0 radical (unpaired) electrons. The molecule has 100 valence electrons. The molecule has 0 aliphatic rings. The van der Waals surface area contributed by atoms with Gasteiger partial charge in [-0.1, -0.05) is 28.1 Å². The fourth-order valence-electron chi connectivity index (χ4n) is 1.65. The molecule has 0 saturated carbocycles. The van der Waals surface area contributed by atoms with Crippen LogP contribution >= 0.6 is 15.9 Å². The highest BCUT2D eigenvalue weighted by molar-refractivity contribution is 9.10. The van der Waals surface area contributed by atoms with Gasteiger partial charge in [-0.2, -0.15) is 0 Å². The number of ether oxygens (including phenoxy) is 1. The number of hydrogen-bond acceptors (Lipinski definition) is 3. The van der Waals surface area contributed by atoms with E-state index >= 15 is 0 Å². The van der Waals surface area contributed by atoms with Crippen molar-refractivity contribution in [3.8, 4) is 5.75 Å². The molecule has 4 nitrogen and oxygen atoms in total. The van der Waals surface area contributed by atoms with E-state index in [1.807, 2.05) is 0 Å². The van der Waals surface area contributed by atoms with E-state index in [9.17, 15) is 23.3 Å². The molecule has 2 rings (SSSR count). The zero-order valence-corrected chi connectivity index (χ0v) is 10.7. The summed E-state index contributed by atoms with van der Waals surface area (Å²) in [5, 5.41) is 11.5. The van der Waals surface area contributed by atoms with Crippen LogP contribution in [-0.2, 0) is 0 Å². The second-order valence-electron chi connectivity index (χ2n) is 3.58. The average molecular weight is 336 g/mol. The van der Waals surface area contributed by atoms with Gasteiger partial charge in [0.2, 0.25) is 5.75 Å². The van der Waals surface area contributed by atoms with Crippen LogP contribution in [0.1, 0.15) is 0 Å². The summed E-state index contributed by atoms with van der Waals surface area (Å²) in [6, 6.07) is 6.83. The van der Waals surface area contributed by atoms with E-state index in [4.69, 9.17) is 0 Å². The second-order valence-corrected chi connectivity index (χ2v) is 4.50. The van der Waals surface area contributed by atoms with E-state index in [-0.39, 0.29) is 5.39 Å². The smallest absolute Gasteiger partial charge is 0.398 e. The first-order chi connectivity index (χ1) is 8.78. The third kappa shape index (κ3) is 2.95. The fraction of sp³-hybridized carbons (Fsp3) is 0.0909. The van der Waals surface area contributed by atoms with Crippen LogP contribution in [0, 0.1) is 10.1 Å². The summed E-state index contributed by atoms with van der Waals surface area (Å²) < 4.78 is 40.8. The number of nitro benzene ring substituents is 1. The summed E-state index contributed by atoms with van der Waals surface area (Å²) >= 11 is 3.12. The molecule has 8 heteroatoms. The SMILES string of the molecule is O=[N+]([O-])c1c(OC(F)(F)F)ccc2ccc(Br)cc12. The highest BCUT2D eigenvalue weighted by Gasteiger charge is 2.35. The van der Waals surface area contributed by atoms with E-state index < -0.39 is 22.7 Å². The summed E-state index contributed by atoms with van der Waals surface area (Å²) in [6.45, 7) is 0. The summed E-state index contributed by atoms with van der Waals surface area (Å²) in [7, 11) is 0. The van der Waals surface area contributed by atoms with Gasteiger partial charge in [-0.3, -0.25) is 10.1 Å². The van der Waals surface area contributed by atoms with E-state index in [0.717, 1.165) is 6.07 Å². The van der Waals surface area contributed by atoms with Crippen LogP contribution < -0.4 is 4.74 Å². The summed E-state index contributed by atoms with van der Waals surface area (Å²) in [5.74, 6) is -0.830. The Kier molecular flexibility index (Phi) is 3.36. The molecule has 2 aromatic rings. The minimum atomic E-state index is -4.98. The molecule has 0 spiro atoms. The van der Waals surface area contributed by atoms with Crippen LogP contribution in [0.15, 0.2) is 34.8 Å². The van der Waals surface area contributed by atoms with Gasteiger partial charge in [-0.25, -0.2) is 0 Å². The molecule has 0 aliphatic carbocycles. The van der Waals surface area contributed by atoms with Gasteiger partial charge >= 0.3 is 12.0 Å². The molecular weight excluding hydrogens is 331 g/mol. The lowest BCUT2D eigenvalue weighted by atomic mass is 10.1. The van der Waals surface area contributed by atoms with Crippen LogP contribution in [0.4, 0.5) is 18.9 Å². The Hall–Kier alpha value is -1.83. The predicted molar refractivity (Wildman–Crippen MR) is 65.0 cm³/mol. The van der Waals surface area contributed by atoms with Crippen LogP contribution in [0.5, 0.6) is 5.75 Å². The molecule has 0 fully saturated rings. The van der Waals surface area contributed by atoms with Gasteiger partial charge in [0, 0.05) is 4.47 Å². The predicted octanol–water partition coefficient (Wildman–Crippen LogP) is 4.41. The quantitative estimate of drug-likeness (QED) is 0.603. The lowest BCUT2D eigenvalue weighted by Crippen LogP contribution is -2.18. The van der Waals surface area contributed by atoms with Gasteiger partial charge in [0.15, 0.2) is 0 Å². The fourth-order valence-corrected chi connectivity index (χ4v) is 2.01. The lowest BCUT2D eigenvalue weighted by Gasteiger charge is -2.10. The number of benzene rings is 2. The number of alkyl halides is 3. The topological polar surface area (TPSA) is 52.4 Å². The maximum atomic E-state index is 12.2. The minimum Gasteiger partial charge on any atom is -0.398 e. The van der Waals surface area contributed by atoms with E-state index in [1.165, 1.54) is 12.1 Å². The molecular formula is C11H5BrF3NO3. The molecule has 0 saturated heterocycles. The monoisotopic (exact) mass is 335 g/mol. The molecule has 19 heavy (non-hydrogen) atoms. The maximum Gasteiger partial charge on any atom is 0.573 e. The van der Waals surface area contributed by atoms with E-state index in [2.05, 4.69) is 20.7 Å². The summed E-state index contributed by atoms with van der Waals surface area (Å²) in [6.07, 6.45) is -4.98. The van der Waals surface area contributed by atoms with Crippen molar-refractivity contribution >= 4 is 32.4 Å². The normalized spacial score (nSPS) is 11.6. The van der Waals surface area contributed by atoms with Crippen LogP contribution in [0.2, 0.25) is 0 Å². The third-order valence-electron chi connectivity index (χ3n) is 2.33. The number of hydrogen-bond donors (Lipinski definition) is 0. The van der Waals surface area contributed by atoms with Crippen molar-refractivity contribution in [1.82, 2.24) is 0 Å². The first-order valence-corrected chi connectivity index (χ1v) is 5.69. The van der Waals surface area contributed by atoms with Gasteiger partial charge in [0.05, 0.1) is 10.3 Å². The van der Waals surface area contributed by atoms with Crippen molar-refractivity contribution in [2.75, 3.05) is 0 Å². The number of rotatable bonds is 2. The Morgan fingerprint density at radius 1 is 1.21 bits per heavy atom. The first-order valence-electron chi connectivity index (χ1n) is 4.90. The Morgan fingerprint density at radius 2 is 1.84 bits per heavy atom. The second kappa shape index (κ2) is 4.69. The van der Waals surface area contributed by atoms with Crippen LogP contribution in [0.3, 0.4) is 0 Å². The maximum absolute atomic E-state index is 12.2. The van der Waals surface area contributed by atoms with Crippen LogP contribution in [-0.4, -0.2) is 11.3 Å². The Morgan fingerprint density at radius 3 is 2.42 bits per heavy atom. The average Bonchev–Trinajstić information content (AvgIpc) is 2.25. The Bertz CT molecular complexity index is 657. The zero-order chi connectivity index (χ0) is 14.2. The van der Waals surface area contributed by atoms with Crippen molar-refractivity contribution in [3.05, 3.63) is 44.9 Å². The highest BCUT2D eigenvalue weighted by atomic mass is 79.9. The molecule has 0 aliphatic heterocycles. The van der Waals surface area contributed by atoms with Crippen molar-refractivity contribution in [3.63, 3.8) is 0 Å². The van der Waals surface area contributed by atoms with Crippen LogP contribution in [0.25, 0.3) is 10.8 Å². The Labute approximate surface area is 113 Å². The highest BCUT2D eigenvalue weighted by Crippen LogP contribution is 2.38. The molecule has 0 aromatic heterocycles. The summed E-state index contributed by atoms with van der Waals surface area (Å²) in [4.78, 5) is 10.1. The zero-order valence-electron chi connectivity index (χ0n) is 9.07.